The van der Waals surface area contributed by atoms with E-state index in [2.05, 4.69) is 28.2 Å². The van der Waals surface area contributed by atoms with Crippen molar-refractivity contribution in [1.82, 2.24) is 5.32 Å². The van der Waals surface area contributed by atoms with E-state index in [9.17, 15) is 5.11 Å². The number of benzene rings is 1. The molecule has 2 rings (SSSR count). The molecule has 0 amide bonds. The molecule has 0 atom stereocenters. The number of phenols is 1. The third kappa shape index (κ3) is 2.98. The quantitative estimate of drug-likeness (QED) is 0.875. The summed E-state index contributed by atoms with van der Waals surface area (Å²) in [5, 5.41) is 13.2. The highest BCUT2D eigenvalue weighted by atomic mass is 79.9. The first-order valence-corrected chi connectivity index (χ1v) is 7.09. The van der Waals surface area contributed by atoms with Crippen LogP contribution in [0.1, 0.15) is 31.7 Å². The molecule has 0 saturated heterocycles. The molecule has 2 N–H and O–H groups in total. The number of halogens is 1. The van der Waals surface area contributed by atoms with Crippen LogP contribution in [0.2, 0.25) is 0 Å². The van der Waals surface area contributed by atoms with Gasteiger partial charge in [0, 0.05) is 13.1 Å². The molecule has 18 heavy (non-hydrogen) atoms. The average Bonchev–Trinajstić information content (AvgIpc) is 2.31. The largest absolute Gasteiger partial charge is 0.503 e. The van der Waals surface area contributed by atoms with E-state index >= 15 is 0 Å². The Morgan fingerprint density at radius 1 is 1.44 bits per heavy atom. The highest BCUT2D eigenvalue weighted by Crippen LogP contribution is 2.39. The molecule has 1 aliphatic rings. The maximum Gasteiger partial charge on any atom is 0.172 e. The van der Waals surface area contributed by atoms with Crippen LogP contribution in [-0.4, -0.2) is 18.8 Å². The van der Waals surface area contributed by atoms with Gasteiger partial charge in [-0.05, 0) is 51.9 Å². The summed E-state index contributed by atoms with van der Waals surface area (Å²) < 4.78 is 5.81. The normalized spacial score (nSPS) is 17.3. The van der Waals surface area contributed by atoms with Gasteiger partial charge in [-0.2, -0.15) is 0 Å². The molecule has 0 spiro atoms. The zero-order valence-electron chi connectivity index (χ0n) is 10.9. The van der Waals surface area contributed by atoms with E-state index in [-0.39, 0.29) is 5.75 Å². The van der Waals surface area contributed by atoms with Gasteiger partial charge in [-0.15, -0.1) is 0 Å². The molecule has 100 valence electrons. The van der Waals surface area contributed by atoms with Crippen molar-refractivity contribution in [3.63, 3.8) is 0 Å². The lowest BCUT2D eigenvalue weighted by atomic mass is 9.70. The summed E-state index contributed by atoms with van der Waals surface area (Å²) in [6, 6.07) is 3.80. The summed E-state index contributed by atoms with van der Waals surface area (Å²) in [4.78, 5) is 0. The van der Waals surface area contributed by atoms with Gasteiger partial charge in [0.2, 0.25) is 0 Å². The van der Waals surface area contributed by atoms with Gasteiger partial charge in [0.05, 0.1) is 11.6 Å². The van der Waals surface area contributed by atoms with E-state index in [4.69, 9.17) is 4.74 Å². The predicted molar refractivity (Wildman–Crippen MR) is 76.0 cm³/mol. The fourth-order valence-corrected chi connectivity index (χ4v) is 2.84. The molecule has 1 aliphatic carbocycles. The van der Waals surface area contributed by atoms with Crippen molar-refractivity contribution in [3.8, 4) is 11.5 Å². The summed E-state index contributed by atoms with van der Waals surface area (Å²) in [6.07, 6.45) is 4.00. The molecule has 0 unspecified atom stereocenters. The van der Waals surface area contributed by atoms with Crippen molar-refractivity contribution in [2.75, 3.05) is 13.7 Å². The molecule has 0 radical (unpaired) electrons. The topological polar surface area (TPSA) is 41.5 Å². The minimum Gasteiger partial charge on any atom is -0.503 e. The Kier molecular flexibility index (Phi) is 4.17. The fourth-order valence-electron chi connectivity index (χ4n) is 2.35. The third-order valence-electron chi connectivity index (χ3n) is 3.75. The predicted octanol–water partition coefficient (Wildman–Crippen LogP) is 3.44. The van der Waals surface area contributed by atoms with E-state index in [0.29, 0.717) is 15.6 Å². The van der Waals surface area contributed by atoms with Crippen LogP contribution in [0.3, 0.4) is 0 Å². The number of aromatic hydroxyl groups is 1. The SMILES string of the molecule is COc1cc(CNCC2(C)CCC2)cc(Br)c1O. The minimum atomic E-state index is 0.159. The van der Waals surface area contributed by atoms with Crippen LogP contribution in [-0.2, 0) is 6.54 Å². The first-order valence-electron chi connectivity index (χ1n) is 6.30. The molecule has 0 bridgehead atoms. The van der Waals surface area contributed by atoms with Gasteiger partial charge in [0.25, 0.3) is 0 Å². The first kappa shape index (κ1) is 13.7. The van der Waals surface area contributed by atoms with Crippen molar-refractivity contribution in [3.05, 3.63) is 22.2 Å². The standard InChI is InChI=1S/C14H20BrNO2/c1-14(4-3-5-14)9-16-8-10-6-11(15)13(17)12(7-10)18-2/h6-7,16-17H,3-5,8-9H2,1-2H3. The summed E-state index contributed by atoms with van der Waals surface area (Å²) in [5.74, 6) is 0.670. The van der Waals surface area contributed by atoms with E-state index < -0.39 is 0 Å². The first-order chi connectivity index (χ1) is 8.54. The average molecular weight is 314 g/mol. The van der Waals surface area contributed by atoms with Crippen LogP contribution in [0.5, 0.6) is 11.5 Å². The number of rotatable bonds is 5. The van der Waals surface area contributed by atoms with Gasteiger partial charge in [0.15, 0.2) is 11.5 Å². The van der Waals surface area contributed by atoms with Crippen LogP contribution < -0.4 is 10.1 Å². The molecule has 1 aromatic carbocycles. The van der Waals surface area contributed by atoms with Crippen molar-refractivity contribution >= 4 is 15.9 Å². The molecule has 4 heteroatoms. The number of ether oxygens (including phenoxy) is 1. The van der Waals surface area contributed by atoms with Crippen LogP contribution >= 0.6 is 15.9 Å². The Bertz CT molecular complexity index is 430. The van der Waals surface area contributed by atoms with Crippen molar-refractivity contribution in [2.45, 2.75) is 32.7 Å². The molecule has 1 saturated carbocycles. The summed E-state index contributed by atoms with van der Waals surface area (Å²) in [7, 11) is 1.56. The van der Waals surface area contributed by atoms with E-state index in [1.165, 1.54) is 19.3 Å². The van der Waals surface area contributed by atoms with Gasteiger partial charge in [-0.3, -0.25) is 0 Å². The van der Waals surface area contributed by atoms with E-state index in [1.807, 2.05) is 12.1 Å². The second kappa shape index (κ2) is 5.49. The molecule has 0 aromatic heterocycles. The third-order valence-corrected chi connectivity index (χ3v) is 4.35. The summed E-state index contributed by atoms with van der Waals surface area (Å²) >= 11 is 3.34. The van der Waals surface area contributed by atoms with Crippen molar-refractivity contribution in [1.29, 1.82) is 0 Å². The van der Waals surface area contributed by atoms with Crippen LogP contribution in [0, 0.1) is 5.41 Å². The highest BCUT2D eigenvalue weighted by Gasteiger charge is 2.30. The van der Waals surface area contributed by atoms with Crippen LogP contribution in [0.4, 0.5) is 0 Å². The Morgan fingerprint density at radius 2 is 2.17 bits per heavy atom. The van der Waals surface area contributed by atoms with Gasteiger partial charge < -0.3 is 15.2 Å². The summed E-state index contributed by atoms with van der Waals surface area (Å²) in [6.45, 7) is 4.18. The van der Waals surface area contributed by atoms with Gasteiger partial charge >= 0.3 is 0 Å². The van der Waals surface area contributed by atoms with Crippen LogP contribution in [0.25, 0.3) is 0 Å². The fraction of sp³-hybridized carbons (Fsp3) is 0.571. The molecular formula is C14H20BrNO2. The van der Waals surface area contributed by atoms with Crippen molar-refractivity contribution < 1.29 is 9.84 Å². The Labute approximate surface area is 117 Å². The van der Waals surface area contributed by atoms with E-state index in [0.717, 1.165) is 18.7 Å². The van der Waals surface area contributed by atoms with Crippen LogP contribution in [0.15, 0.2) is 16.6 Å². The molecule has 1 aromatic rings. The number of methoxy groups -OCH3 is 1. The van der Waals surface area contributed by atoms with Gasteiger partial charge in [0.1, 0.15) is 0 Å². The van der Waals surface area contributed by atoms with Gasteiger partial charge in [-0.25, -0.2) is 0 Å². The minimum absolute atomic E-state index is 0.159. The number of hydrogen-bond acceptors (Lipinski definition) is 3. The summed E-state index contributed by atoms with van der Waals surface area (Å²) in [5.41, 5.74) is 1.59. The highest BCUT2D eigenvalue weighted by molar-refractivity contribution is 9.10. The molecule has 1 fully saturated rings. The maximum atomic E-state index is 9.73. The monoisotopic (exact) mass is 313 g/mol. The number of hydrogen-bond donors (Lipinski definition) is 2. The zero-order valence-corrected chi connectivity index (χ0v) is 12.5. The zero-order chi connectivity index (χ0) is 13.2. The van der Waals surface area contributed by atoms with Gasteiger partial charge in [-0.1, -0.05) is 13.3 Å². The molecule has 0 heterocycles. The lowest BCUT2D eigenvalue weighted by Crippen LogP contribution is -2.36. The lowest BCUT2D eigenvalue weighted by molar-refractivity contribution is 0.156. The van der Waals surface area contributed by atoms with E-state index in [1.54, 1.807) is 7.11 Å². The Balaban J connectivity index is 1.94. The van der Waals surface area contributed by atoms with Crippen molar-refractivity contribution in [2.24, 2.45) is 5.41 Å². The molecule has 0 aliphatic heterocycles. The second-order valence-corrected chi connectivity index (χ2v) is 6.25. The number of nitrogens with one attached hydrogen (secondary N) is 1. The number of phenolic OH excluding ortho intramolecular Hbond substituents is 1. The molecule has 3 nitrogen and oxygen atoms in total. The smallest absolute Gasteiger partial charge is 0.172 e. The molecular weight excluding hydrogens is 294 g/mol. The second-order valence-electron chi connectivity index (χ2n) is 5.40. The Hall–Kier alpha value is -0.740. The Morgan fingerprint density at radius 3 is 2.72 bits per heavy atom. The maximum absolute atomic E-state index is 9.73. The lowest BCUT2D eigenvalue weighted by Gasteiger charge is -2.38.